The quantitative estimate of drug-likeness (QED) is 0.810. The van der Waals surface area contributed by atoms with E-state index in [2.05, 4.69) is 4.98 Å². The Bertz CT molecular complexity index is 392. The predicted molar refractivity (Wildman–Crippen MR) is 59.7 cm³/mol. The Kier molecular flexibility index (Phi) is 3.19. The van der Waals surface area contributed by atoms with E-state index in [1.54, 1.807) is 11.1 Å². The Morgan fingerprint density at radius 3 is 3.19 bits per heavy atom. The molecule has 2 heterocycles. The summed E-state index contributed by atoms with van der Waals surface area (Å²) in [7, 11) is 0. The number of nitrogens with zero attached hydrogens (tertiary/aromatic N) is 2. The maximum absolute atomic E-state index is 11.5. The molecule has 1 amide bonds. The van der Waals surface area contributed by atoms with Gasteiger partial charge in [0.15, 0.2) is 0 Å². The number of aliphatic hydroxyl groups excluding tert-OH is 1. The summed E-state index contributed by atoms with van der Waals surface area (Å²) < 4.78 is 0. The first-order chi connectivity index (χ1) is 7.72. The fraction of sp³-hybridized carbons (Fsp3) is 0.500. The normalized spacial score (nSPS) is 20.1. The van der Waals surface area contributed by atoms with Gasteiger partial charge in [-0.1, -0.05) is 0 Å². The number of carbonyl (C=O) groups excluding carboxylic acids is 1. The van der Waals surface area contributed by atoms with Crippen LogP contribution in [0.3, 0.4) is 0 Å². The van der Waals surface area contributed by atoms with E-state index in [9.17, 15) is 4.79 Å². The summed E-state index contributed by atoms with van der Waals surface area (Å²) in [4.78, 5) is 17.5. The number of amides is 1. The molecular formula is C12H16N2O2. The van der Waals surface area contributed by atoms with Crippen molar-refractivity contribution in [2.45, 2.75) is 25.8 Å². The summed E-state index contributed by atoms with van der Waals surface area (Å²) >= 11 is 0. The fourth-order valence-electron chi connectivity index (χ4n) is 2.28. The minimum Gasteiger partial charge on any atom is -0.387 e. The molecule has 0 aliphatic carbocycles. The van der Waals surface area contributed by atoms with Crippen molar-refractivity contribution in [3.05, 3.63) is 29.6 Å². The molecule has 0 aromatic carbocycles. The van der Waals surface area contributed by atoms with Gasteiger partial charge in [0, 0.05) is 18.4 Å². The molecule has 1 N–H and O–H groups in total. The lowest BCUT2D eigenvalue weighted by Crippen LogP contribution is -2.32. The highest BCUT2D eigenvalue weighted by molar-refractivity contribution is 5.78. The van der Waals surface area contributed by atoms with Crippen molar-refractivity contribution < 1.29 is 9.90 Å². The maximum Gasteiger partial charge on any atom is 0.248 e. The first kappa shape index (κ1) is 11.1. The summed E-state index contributed by atoms with van der Waals surface area (Å²) in [5, 5.41) is 8.91. The van der Waals surface area contributed by atoms with E-state index < -0.39 is 6.61 Å². The average Bonchev–Trinajstić information content (AvgIpc) is 2.77. The van der Waals surface area contributed by atoms with Crippen molar-refractivity contribution in [1.29, 1.82) is 0 Å². The van der Waals surface area contributed by atoms with Gasteiger partial charge in [0.05, 0.1) is 6.04 Å². The minimum absolute atomic E-state index is 0.112. The molecule has 4 nitrogen and oxygen atoms in total. The van der Waals surface area contributed by atoms with Crippen LogP contribution in [0.5, 0.6) is 0 Å². The third-order valence-electron chi connectivity index (χ3n) is 3.01. The van der Waals surface area contributed by atoms with Crippen LogP contribution in [0.25, 0.3) is 0 Å². The number of pyridine rings is 1. The molecule has 1 aromatic heterocycles. The van der Waals surface area contributed by atoms with Crippen LogP contribution in [-0.2, 0) is 4.79 Å². The van der Waals surface area contributed by atoms with Crippen molar-refractivity contribution in [3.8, 4) is 0 Å². The molecule has 2 rings (SSSR count). The second-order valence-electron chi connectivity index (χ2n) is 4.13. The van der Waals surface area contributed by atoms with Crippen LogP contribution in [-0.4, -0.2) is 34.0 Å². The van der Waals surface area contributed by atoms with Crippen molar-refractivity contribution in [3.63, 3.8) is 0 Å². The first-order valence-corrected chi connectivity index (χ1v) is 5.55. The summed E-state index contributed by atoms with van der Waals surface area (Å²) in [5.41, 5.74) is 2.08. The molecule has 0 bridgehead atoms. The Labute approximate surface area is 94.9 Å². The molecule has 0 radical (unpaired) electrons. The molecule has 0 saturated carbocycles. The second kappa shape index (κ2) is 4.61. The van der Waals surface area contributed by atoms with E-state index in [-0.39, 0.29) is 11.9 Å². The SMILES string of the molecule is Cc1cc([C@H]2CCCN2C(=O)CO)ccn1. The number of carbonyl (C=O) groups is 1. The molecule has 0 spiro atoms. The molecule has 1 atom stereocenters. The number of aromatic nitrogens is 1. The summed E-state index contributed by atoms with van der Waals surface area (Å²) in [6.45, 7) is 2.28. The molecule has 1 aliphatic heterocycles. The standard InChI is InChI=1S/C12H16N2O2/c1-9-7-10(4-5-13-9)11-3-2-6-14(11)12(16)8-15/h4-5,7,11,15H,2-3,6,8H2,1H3/t11-/m1/s1. The lowest BCUT2D eigenvalue weighted by Gasteiger charge is -2.24. The first-order valence-electron chi connectivity index (χ1n) is 5.55. The molecule has 86 valence electrons. The van der Waals surface area contributed by atoms with Crippen LogP contribution >= 0.6 is 0 Å². The summed E-state index contributed by atoms with van der Waals surface area (Å²) in [5.74, 6) is -0.183. The van der Waals surface area contributed by atoms with Gasteiger partial charge in [-0.3, -0.25) is 9.78 Å². The van der Waals surface area contributed by atoms with Gasteiger partial charge >= 0.3 is 0 Å². The minimum atomic E-state index is -0.402. The van der Waals surface area contributed by atoms with E-state index in [0.717, 1.165) is 30.6 Å². The third-order valence-corrected chi connectivity index (χ3v) is 3.01. The Hall–Kier alpha value is -1.42. The second-order valence-corrected chi connectivity index (χ2v) is 4.13. The molecule has 1 aromatic rings. The van der Waals surface area contributed by atoms with Gasteiger partial charge in [-0.2, -0.15) is 0 Å². The summed E-state index contributed by atoms with van der Waals surface area (Å²) in [6.07, 6.45) is 3.73. The lowest BCUT2D eigenvalue weighted by atomic mass is 10.1. The fourth-order valence-corrected chi connectivity index (χ4v) is 2.28. The van der Waals surface area contributed by atoms with Crippen LogP contribution in [0.4, 0.5) is 0 Å². The third kappa shape index (κ3) is 2.07. The van der Waals surface area contributed by atoms with Gasteiger partial charge in [0.2, 0.25) is 5.91 Å². The highest BCUT2D eigenvalue weighted by Gasteiger charge is 2.29. The van der Waals surface area contributed by atoms with Crippen molar-refractivity contribution >= 4 is 5.91 Å². The van der Waals surface area contributed by atoms with Gasteiger partial charge in [-0.05, 0) is 37.5 Å². The molecule has 0 unspecified atom stereocenters. The van der Waals surface area contributed by atoms with E-state index in [4.69, 9.17) is 5.11 Å². The highest BCUT2D eigenvalue weighted by atomic mass is 16.3. The molecule has 1 fully saturated rings. The van der Waals surface area contributed by atoms with E-state index in [1.807, 2.05) is 19.1 Å². The van der Waals surface area contributed by atoms with Crippen molar-refractivity contribution in [1.82, 2.24) is 9.88 Å². The van der Waals surface area contributed by atoms with E-state index in [1.165, 1.54) is 0 Å². The largest absolute Gasteiger partial charge is 0.387 e. The zero-order chi connectivity index (χ0) is 11.5. The van der Waals surface area contributed by atoms with E-state index >= 15 is 0 Å². The molecule has 1 saturated heterocycles. The number of likely N-dealkylation sites (tertiary alicyclic amines) is 1. The van der Waals surface area contributed by atoms with Crippen LogP contribution in [0, 0.1) is 6.92 Å². The molecule has 16 heavy (non-hydrogen) atoms. The van der Waals surface area contributed by atoms with E-state index in [0.29, 0.717) is 0 Å². The Balaban J connectivity index is 2.23. The van der Waals surface area contributed by atoms with Gasteiger partial charge in [0.25, 0.3) is 0 Å². The zero-order valence-corrected chi connectivity index (χ0v) is 9.39. The van der Waals surface area contributed by atoms with Crippen LogP contribution in [0.1, 0.15) is 30.1 Å². The summed E-state index contributed by atoms with van der Waals surface area (Å²) in [6, 6.07) is 4.07. The number of hydrogen-bond donors (Lipinski definition) is 1. The lowest BCUT2D eigenvalue weighted by molar-refractivity contribution is -0.135. The number of aryl methyl sites for hydroxylation is 1. The van der Waals surface area contributed by atoms with Crippen molar-refractivity contribution in [2.75, 3.05) is 13.2 Å². The molecule has 4 heteroatoms. The maximum atomic E-state index is 11.5. The Morgan fingerprint density at radius 2 is 2.50 bits per heavy atom. The zero-order valence-electron chi connectivity index (χ0n) is 9.39. The number of aliphatic hydroxyl groups is 1. The number of rotatable bonds is 2. The monoisotopic (exact) mass is 220 g/mol. The molecular weight excluding hydrogens is 204 g/mol. The van der Waals surface area contributed by atoms with Gasteiger partial charge in [-0.25, -0.2) is 0 Å². The number of hydrogen-bond acceptors (Lipinski definition) is 3. The van der Waals surface area contributed by atoms with Gasteiger partial charge in [-0.15, -0.1) is 0 Å². The topological polar surface area (TPSA) is 53.4 Å². The Morgan fingerprint density at radius 1 is 1.69 bits per heavy atom. The van der Waals surface area contributed by atoms with Gasteiger partial charge < -0.3 is 10.0 Å². The molecule has 1 aliphatic rings. The van der Waals surface area contributed by atoms with Crippen molar-refractivity contribution in [2.24, 2.45) is 0 Å². The predicted octanol–water partition coefficient (Wildman–Crippen LogP) is 1.05. The highest BCUT2D eigenvalue weighted by Crippen LogP contribution is 2.31. The van der Waals surface area contributed by atoms with Crippen LogP contribution in [0.2, 0.25) is 0 Å². The average molecular weight is 220 g/mol. The van der Waals surface area contributed by atoms with Gasteiger partial charge in [0.1, 0.15) is 6.61 Å². The van der Waals surface area contributed by atoms with Crippen LogP contribution in [0.15, 0.2) is 18.3 Å². The smallest absolute Gasteiger partial charge is 0.248 e. The van der Waals surface area contributed by atoms with Crippen LogP contribution < -0.4 is 0 Å².